The van der Waals surface area contributed by atoms with Crippen molar-refractivity contribution < 1.29 is 14.6 Å². The molecule has 0 N–H and O–H groups in total. The third kappa shape index (κ3) is 1.83. The van der Waals surface area contributed by atoms with Crippen molar-refractivity contribution in [1.82, 2.24) is 0 Å². The predicted molar refractivity (Wildman–Crippen MR) is 75.9 cm³/mol. The van der Waals surface area contributed by atoms with E-state index in [1.54, 1.807) is 6.07 Å². The van der Waals surface area contributed by atoms with E-state index in [1.807, 2.05) is 6.92 Å². The second kappa shape index (κ2) is 4.45. The van der Waals surface area contributed by atoms with Gasteiger partial charge in [0.25, 0.3) is 11.4 Å². The van der Waals surface area contributed by atoms with Gasteiger partial charge in [-0.05, 0) is 12.5 Å². The zero-order valence-electron chi connectivity index (χ0n) is 10.8. The maximum absolute atomic E-state index is 12.3. The third-order valence-electron chi connectivity index (χ3n) is 3.36. The van der Waals surface area contributed by atoms with E-state index in [9.17, 15) is 25.0 Å². The Hall–Kier alpha value is -2.61. The number of nitro groups is 2. The number of rotatable bonds is 3. The summed E-state index contributed by atoms with van der Waals surface area (Å²) >= 11 is 1.32. The highest BCUT2D eigenvalue weighted by molar-refractivity contribution is 7.16. The molecule has 1 heterocycles. The van der Waals surface area contributed by atoms with E-state index in [1.165, 1.54) is 11.3 Å². The van der Waals surface area contributed by atoms with Gasteiger partial charge in [-0.2, -0.15) is 0 Å². The van der Waals surface area contributed by atoms with E-state index in [0.29, 0.717) is 10.4 Å². The molecule has 106 valence electrons. The molecule has 0 fully saturated rings. The molecule has 0 amide bonds. The van der Waals surface area contributed by atoms with E-state index in [2.05, 4.69) is 0 Å². The van der Waals surface area contributed by atoms with Crippen LogP contribution in [0.15, 0.2) is 18.2 Å². The average molecular weight is 304 g/mol. The fourth-order valence-electron chi connectivity index (χ4n) is 2.39. The van der Waals surface area contributed by atoms with Gasteiger partial charge in [-0.15, -0.1) is 11.3 Å². The number of nitrogens with zero attached hydrogens (tertiary/aromatic N) is 2. The van der Waals surface area contributed by atoms with Crippen molar-refractivity contribution in [3.8, 4) is 10.4 Å². The van der Waals surface area contributed by atoms with Gasteiger partial charge in [-0.1, -0.05) is 6.92 Å². The fraction of sp³-hybridized carbons (Fsp3) is 0.154. The highest BCUT2D eigenvalue weighted by Gasteiger charge is 2.37. The highest BCUT2D eigenvalue weighted by Crippen LogP contribution is 2.48. The second-order valence-corrected chi connectivity index (χ2v) is 5.68. The van der Waals surface area contributed by atoms with Crippen LogP contribution < -0.4 is 0 Å². The second-order valence-electron chi connectivity index (χ2n) is 4.54. The molecule has 0 aliphatic heterocycles. The Morgan fingerprint density at radius 3 is 2.38 bits per heavy atom. The molecule has 21 heavy (non-hydrogen) atoms. The summed E-state index contributed by atoms with van der Waals surface area (Å²) in [6, 6.07) is 3.73. The topological polar surface area (TPSA) is 103 Å². The predicted octanol–water partition coefficient (Wildman–Crippen LogP) is 3.34. The van der Waals surface area contributed by atoms with Gasteiger partial charge in [0.05, 0.1) is 26.4 Å². The quantitative estimate of drug-likeness (QED) is 0.545. The number of non-ortho nitro benzene ring substituents is 1. The monoisotopic (exact) mass is 304 g/mol. The number of thiophene rings is 1. The van der Waals surface area contributed by atoms with Crippen molar-refractivity contribution in [3.05, 3.63) is 54.4 Å². The van der Waals surface area contributed by atoms with Crippen LogP contribution in [0.5, 0.6) is 0 Å². The van der Waals surface area contributed by atoms with E-state index < -0.39 is 21.2 Å². The number of hydrogen-bond donors (Lipinski definition) is 0. The lowest BCUT2D eigenvalue weighted by atomic mass is 10.1. The van der Waals surface area contributed by atoms with E-state index in [-0.39, 0.29) is 16.9 Å². The molecule has 8 heteroatoms. The lowest BCUT2D eigenvalue weighted by Crippen LogP contribution is -2.00. The number of fused-ring (bicyclic) bond motifs is 3. The van der Waals surface area contributed by atoms with E-state index in [4.69, 9.17) is 0 Å². The number of nitro benzene ring substituents is 2. The van der Waals surface area contributed by atoms with Crippen molar-refractivity contribution in [1.29, 1.82) is 0 Å². The van der Waals surface area contributed by atoms with Crippen LogP contribution in [0, 0.1) is 20.2 Å². The fourth-order valence-corrected chi connectivity index (χ4v) is 3.56. The summed E-state index contributed by atoms with van der Waals surface area (Å²) in [5.41, 5.74) is -0.193. The molecule has 1 aliphatic rings. The Bertz CT molecular complexity index is 824. The van der Waals surface area contributed by atoms with Crippen LogP contribution in [-0.4, -0.2) is 15.6 Å². The molecular formula is C13H8N2O5S. The number of aryl methyl sites for hydroxylation is 1. The Kier molecular flexibility index (Phi) is 2.84. The van der Waals surface area contributed by atoms with Gasteiger partial charge >= 0.3 is 0 Å². The van der Waals surface area contributed by atoms with Crippen LogP contribution >= 0.6 is 11.3 Å². The van der Waals surface area contributed by atoms with E-state index >= 15 is 0 Å². The molecule has 7 nitrogen and oxygen atoms in total. The normalized spacial score (nSPS) is 12.1. The summed E-state index contributed by atoms with van der Waals surface area (Å²) in [6.45, 7) is 1.93. The maximum atomic E-state index is 12.3. The molecule has 0 spiro atoms. The lowest BCUT2D eigenvalue weighted by Gasteiger charge is -2.01. The molecular weight excluding hydrogens is 296 g/mol. The smallest absolute Gasteiger partial charge is 0.285 e. The van der Waals surface area contributed by atoms with Crippen LogP contribution in [0.2, 0.25) is 0 Å². The Balaban J connectivity index is 2.35. The highest BCUT2D eigenvalue weighted by atomic mass is 32.1. The molecule has 0 saturated carbocycles. The van der Waals surface area contributed by atoms with Gasteiger partial charge in [0.1, 0.15) is 0 Å². The van der Waals surface area contributed by atoms with Crippen molar-refractivity contribution in [2.45, 2.75) is 13.3 Å². The van der Waals surface area contributed by atoms with Crippen LogP contribution in [0.25, 0.3) is 10.4 Å². The van der Waals surface area contributed by atoms with Gasteiger partial charge in [-0.25, -0.2) is 0 Å². The zero-order chi connectivity index (χ0) is 15.3. The van der Waals surface area contributed by atoms with Gasteiger partial charge in [0, 0.05) is 22.1 Å². The van der Waals surface area contributed by atoms with Gasteiger partial charge in [0.15, 0.2) is 5.78 Å². The summed E-state index contributed by atoms with van der Waals surface area (Å²) in [6.07, 6.45) is 0.723. The first-order valence-electron chi connectivity index (χ1n) is 6.08. The number of hydrogen-bond acceptors (Lipinski definition) is 6. The molecule has 1 aromatic heterocycles. The molecule has 0 atom stereocenters. The molecule has 1 aromatic carbocycles. The SMILES string of the molecule is CCc1cc2c(s1)-c1c(cc([N+](=O)[O-])cc1[N+](=O)[O-])C2=O. The number of ketones is 1. The van der Waals surface area contributed by atoms with Gasteiger partial charge in [-0.3, -0.25) is 25.0 Å². The third-order valence-corrected chi connectivity index (χ3v) is 4.65. The first-order chi connectivity index (χ1) is 9.93. The average Bonchev–Trinajstić information content (AvgIpc) is 2.97. The molecule has 1 aliphatic carbocycles. The zero-order valence-corrected chi connectivity index (χ0v) is 11.6. The van der Waals surface area contributed by atoms with Crippen molar-refractivity contribution in [2.24, 2.45) is 0 Å². The Morgan fingerprint density at radius 1 is 1.10 bits per heavy atom. The minimum atomic E-state index is -0.732. The number of benzene rings is 1. The molecule has 0 saturated heterocycles. The first-order valence-corrected chi connectivity index (χ1v) is 6.90. The van der Waals surface area contributed by atoms with E-state index in [0.717, 1.165) is 23.4 Å². The summed E-state index contributed by atoms with van der Waals surface area (Å²) in [5.74, 6) is -0.386. The number of carbonyl (C=O) groups is 1. The molecule has 2 aromatic rings. The largest absolute Gasteiger partial charge is 0.289 e. The number of carbonyl (C=O) groups excluding carboxylic acids is 1. The molecule has 3 rings (SSSR count). The van der Waals surface area contributed by atoms with Crippen molar-refractivity contribution in [2.75, 3.05) is 0 Å². The molecule has 0 bridgehead atoms. The van der Waals surface area contributed by atoms with Crippen LogP contribution in [0.1, 0.15) is 27.7 Å². The summed E-state index contributed by atoms with van der Waals surface area (Å²) < 4.78 is 0. The van der Waals surface area contributed by atoms with Crippen LogP contribution in [0.4, 0.5) is 11.4 Å². The molecule has 0 unspecified atom stereocenters. The lowest BCUT2D eigenvalue weighted by molar-refractivity contribution is -0.393. The summed E-state index contributed by atoms with van der Waals surface area (Å²) in [4.78, 5) is 34.5. The van der Waals surface area contributed by atoms with Gasteiger partial charge < -0.3 is 0 Å². The van der Waals surface area contributed by atoms with Crippen molar-refractivity contribution >= 4 is 28.5 Å². The van der Waals surface area contributed by atoms with Crippen LogP contribution in [0.3, 0.4) is 0 Å². The summed E-state index contributed by atoms with van der Waals surface area (Å²) in [7, 11) is 0. The van der Waals surface area contributed by atoms with Crippen LogP contribution in [-0.2, 0) is 6.42 Å². The minimum Gasteiger partial charge on any atom is -0.289 e. The minimum absolute atomic E-state index is 0.0415. The maximum Gasteiger partial charge on any atom is 0.285 e. The standard InChI is InChI=1S/C13H8N2O5S/c1-2-7-5-9-12(16)8-3-6(14(17)18)4-10(15(19)20)11(8)13(9)21-7/h3-5H,2H2,1H3. The summed E-state index contributed by atoms with van der Waals surface area (Å²) in [5, 5.41) is 22.1. The Morgan fingerprint density at radius 2 is 1.81 bits per heavy atom. The first kappa shape index (κ1) is 13.4. The van der Waals surface area contributed by atoms with Gasteiger partial charge in [0.2, 0.25) is 0 Å². The molecule has 0 radical (unpaired) electrons. The van der Waals surface area contributed by atoms with Crippen molar-refractivity contribution in [3.63, 3.8) is 0 Å². The Labute approximate surface area is 122 Å².